The van der Waals surface area contributed by atoms with E-state index in [-0.39, 0.29) is 18.0 Å². The van der Waals surface area contributed by atoms with Gasteiger partial charge in [-0.05, 0) is 18.2 Å². The highest BCUT2D eigenvalue weighted by molar-refractivity contribution is 9.10. The predicted molar refractivity (Wildman–Crippen MR) is 81.7 cm³/mol. The molecule has 0 radical (unpaired) electrons. The van der Waals surface area contributed by atoms with E-state index in [1.54, 1.807) is 42.5 Å². The van der Waals surface area contributed by atoms with E-state index in [1.165, 1.54) is 7.11 Å². The van der Waals surface area contributed by atoms with E-state index in [1.807, 2.05) is 6.07 Å². The highest BCUT2D eigenvalue weighted by Crippen LogP contribution is 2.23. The van der Waals surface area contributed by atoms with E-state index in [2.05, 4.69) is 15.9 Å². The summed E-state index contributed by atoms with van der Waals surface area (Å²) < 4.78 is 10.9. The SMILES string of the molecule is COc1ccc(Br)cc1C(=O)OCC(=O)c1ccccc1. The largest absolute Gasteiger partial charge is 0.496 e. The molecule has 5 heteroatoms. The lowest BCUT2D eigenvalue weighted by molar-refractivity contribution is 0.0471. The number of hydrogen-bond donors (Lipinski definition) is 0. The number of methoxy groups -OCH3 is 1. The molecule has 2 aromatic carbocycles. The van der Waals surface area contributed by atoms with Crippen LogP contribution in [0.4, 0.5) is 0 Å². The molecule has 0 aliphatic heterocycles. The zero-order chi connectivity index (χ0) is 15.2. The Hall–Kier alpha value is -2.14. The standard InChI is InChI=1S/C16H13BrO4/c1-20-15-8-7-12(17)9-13(15)16(19)21-10-14(18)11-5-3-2-4-6-11/h2-9H,10H2,1H3. The van der Waals surface area contributed by atoms with Crippen LogP contribution in [0, 0.1) is 0 Å². The third kappa shape index (κ3) is 3.92. The van der Waals surface area contributed by atoms with E-state index in [0.717, 1.165) is 4.47 Å². The molecule has 0 N–H and O–H groups in total. The molecule has 0 saturated carbocycles. The van der Waals surface area contributed by atoms with Crippen LogP contribution in [0.15, 0.2) is 53.0 Å². The molecule has 2 rings (SSSR count). The first-order valence-corrected chi connectivity index (χ1v) is 7.00. The fourth-order valence-corrected chi connectivity index (χ4v) is 2.12. The fourth-order valence-electron chi connectivity index (χ4n) is 1.76. The van der Waals surface area contributed by atoms with Crippen molar-refractivity contribution in [3.05, 3.63) is 64.1 Å². The second-order valence-electron chi connectivity index (χ2n) is 4.21. The Morgan fingerprint density at radius 2 is 1.81 bits per heavy atom. The van der Waals surface area contributed by atoms with Gasteiger partial charge in [-0.3, -0.25) is 4.79 Å². The van der Waals surface area contributed by atoms with E-state index in [0.29, 0.717) is 11.3 Å². The third-order valence-electron chi connectivity index (χ3n) is 2.81. The molecular formula is C16H13BrO4. The fraction of sp³-hybridized carbons (Fsp3) is 0.125. The number of hydrogen-bond acceptors (Lipinski definition) is 4. The van der Waals surface area contributed by atoms with Crippen molar-refractivity contribution in [3.63, 3.8) is 0 Å². The maximum atomic E-state index is 12.0. The molecule has 2 aromatic rings. The summed E-state index contributed by atoms with van der Waals surface area (Å²) in [4.78, 5) is 23.9. The third-order valence-corrected chi connectivity index (χ3v) is 3.30. The summed E-state index contributed by atoms with van der Waals surface area (Å²) in [5.74, 6) is -0.453. The van der Waals surface area contributed by atoms with E-state index in [9.17, 15) is 9.59 Å². The Morgan fingerprint density at radius 1 is 1.10 bits per heavy atom. The topological polar surface area (TPSA) is 52.6 Å². The van der Waals surface area contributed by atoms with Crippen LogP contribution in [0.5, 0.6) is 5.75 Å². The van der Waals surface area contributed by atoms with Gasteiger partial charge in [-0.15, -0.1) is 0 Å². The van der Waals surface area contributed by atoms with Gasteiger partial charge in [0.1, 0.15) is 11.3 Å². The van der Waals surface area contributed by atoms with Crippen molar-refractivity contribution in [3.8, 4) is 5.75 Å². The Balaban J connectivity index is 2.05. The summed E-state index contributed by atoms with van der Waals surface area (Å²) in [6.45, 7) is -0.307. The van der Waals surface area contributed by atoms with Gasteiger partial charge in [-0.1, -0.05) is 46.3 Å². The van der Waals surface area contributed by atoms with Gasteiger partial charge in [0.15, 0.2) is 12.4 Å². The van der Waals surface area contributed by atoms with Crippen LogP contribution in [0.1, 0.15) is 20.7 Å². The number of ether oxygens (including phenoxy) is 2. The first-order chi connectivity index (χ1) is 10.1. The normalized spacial score (nSPS) is 10.0. The molecule has 0 aliphatic rings. The molecular weight excluding hydrogens is 336 g/mol. The van der Waals surface area contributed by atoms with Gasteiger partial charge in [-0.25, -0.2) is 4.79 Å². The first kappa shape index (κ1) is 15.3. The minimum atomic E-state index is -0.600. The van der Waals surface area contributed by atoms with Crippen LogP contribution in [0.3, 0.4) is 0 Å². The van der Waals surface area contributed by atoms with Crippen molar-refractivity contribution >= 4 is 27.7 Å². The summed E-state index contributed by atoms with van der Waals surface area (Å²) in [6.07, 6.45) is 0. The summed E-state index contributed by atoms with van der Waals surface area (Å²) in [6, 6.07) is 13.7. The maximum Gasteiger partial charge on any atom is 0.342 e. The average molecular weight is 349 g/mol. The van der Waals surface area contributed by atoms with Gasteiger partial charge < -0.3 is 9.47 Å². The van der Waals surface area contributed by atoms with Crippen LogP contribution >= 0.6 is 15.9 Å². The molecule has 0 bridgehead atoms. The molecule has 108 valence electrons. The van der Waals surface area contributed by atoms with E-state index < -0.39 is 5.97 Å². The number of carbonyl (C=O) groups is 2. The van der Waals surface area contributed by atoms with Gasteiger partial charge >= 0.3 is 5.97 Å². The lowest BCUT2D eigenvalue weighted by atomic mass is 10.1. The van der Waals surface area contributed by atoms with Gasteiger partial charge in [0, 0.05) is 10.0 Å². The molecule has 0 heterocycles. The summed E-state index contributed by atoms with van der Waals surface area (Å²) >= 11 is 3.28. The van der Waals surface area contributed by atoms with Crippen LogP contribution < -0.4 is 4.74 Å². The molecule has 21 heavy (non-hydrogen) atoms. The average Bonchev–Trinajstić information content (AvgIpc) is 2.53. The molecule has 4 nitrogen and oxygen atoms in total. The minimum Gasteiger partial charge on any atom is -0.496 e. The lowest BCUT2D eigenvalue weighted by Gasteiger charge is -2.09. The molecule has 0 aromatic heterocycles. The monoisotopic (exact) mass is 348 g/mol. The Bertz CT molecular complexity index is 653. The number of benzene rings is 2. The zero-order valence-electron chi connectivity index (χ0n) is 11.3. The van der Waals surface area contributed by atoms with Crippen molar-refractivity contribution < 1.29 is 19.1 Å². The van der Waals surface area contributed by atoms with Gasteiger partial charge in [0.2, 0.25) is 0 Å². The Kier molecular flexibility index (Phi) is 5.11. The summed E-state index contributed by atoms with van der Waals surface area (Å²) in [5, 5.41) is 0. The Morgan fingerprint density at radius 3 is 2.48 bits per heavy atom. The van der Waals surface area contributed by atoms with Crippen LogP contribution in [-0.2, 0) is 4.74 Å². The number of halogens is 1. The molecule has 0 saturated heterocycles. The van der Waals surface area contributed by atoms with Crippen molar-refractivity contribution in [1.29, 1.82) is 0 Å². The maximum absolute atomic E-state index is 12.0. The summed E-state index contributed by atoms with van der Waals surface area (Å²) in [7, 11) is 1.47. The van der Waals surface area contributed by atoms with Gasteiger partial charge in [0.05, 0.1) is 7.11 Å². The molecule has 0 fully saturated rings. The number of esters is 1. The molecule has 0 aliphatic carbocycles. The molecule has 0 atom stereocenters. The van der Waals surface area contributed by atoms with Gasteiger partial charge in [0.25, 0.3) is 0 Å². The predicted octanol–water partition coefficient (Wildman–Crippen LogP) is 3.50. The highest BCUT2D eigenvalue weighted by atomic mass is 79.9. The van der Waals surface area contributed by atoms with Crippen LogP contribution in [0.2, 0.25) is 0 Å². The van der Waals surface area contributed by atoms with Crippen molar-refractivity contribution in [2.75, 3.05) is 13.7 Å². The molecule has 0 amide bonds. The number of rotatable bonds is 5. The van der Waals surface area contributed by atoms with Crippen LogP contribution in [0.25, 0.3) is 0 Å². The highest BCUT2D eigenvalue weighted by Gasteiger charge is 2.16. The second kappa shape index (κ2) is 7.04. The Labute approximate surface area is 130 Å². The number of Topliss-reactive ketones (excluding diaryl/α,β-unsaturated/α-hetero) is 1. The van der Waals surface area contributed by atoms with Crippen molar-refractivity contribution in [2.45, 2.75) is 0 Å². The van der Waals surface area contributed by atoms with E-state index in [4.69, 9.17) is 9.47 Å². The molecule has 0 unspecified atom stereocenters. The zero-order valence-corrected chi connectivity index (χ0v) is 12.9. The number of carbonyl (C=O) groups excluding carboxylic acids is 2. The van der Waals surface area contributed by atoms with Gasteiger partial charge in [-0.2, -0.15) is 0 Å². The quantitative estimate of drug-likeness (QED) is 0.613. The number of ketones is 1. The molecule has 0 spiro atoms. The second-order valence-corrected chi connectivity index (χ2v) is 5.13. The van der Waals surface area contributed by atoms with E-state index >= 15 is 0 Å². The smallest absolute Gasteiger partial charge is 0.342 e. The van der Waals surface area contributed by atoms with Crippen LogP contribution in [-0.4, -0.2) is 25.5 Å². The van der Waals surface area contributed by atoms with Crippen molar-refractivity contribution in [1.82, 2.24) is 0 Å². The van der Waals surface area contributed by atoms with Crippen molar-refractivity contribution in [2.24, 2.45) is 0 Å². The first-order valence-electron chi connectivity index (χ1n) is 6.20. The minimum absolute atomic E-state index is 0.252. The lowest BCUT2D eigenvalue weighted by Crippen LogP contribution is -2.15. The summed E-state index contributed by atoms with van der Waals surface area (Å²) in [5.41, 5.74) is 0.777.